The van der Waals surface area contributed by atoms with Crippen molar-refractivity contribution in [3.63, 3.8) is 0 Å². The van der Waals surface area contributed by atoms with Gasteiger partial charge in [0.2, 0.25) is 0 Å². The first kappa shape index (κ1) is 12.9. The van der Waals surface area contributed by atoms with Crippen LogP contribution in [0.5, 0.6) is 0 Å². The van der Waals surface area contributed by atoms with Crippen molar-refractivity contribution in [1.82, 2.24) is 4.98 Å². The molecule has 0 amide bonds. The lowest BCUT2D eigenvalue weighted by atomic mass is 10.1. The lowest BCUT2D eigenvalue weighted by Gasteiger charge is -2.18. The Morgan fingerprint density at radius 3 is 2.23 bits per heavy atom. The normalized spacial score (nSPS) is 13.3. The maximum atomic E-state index is 4.92. The van der Waals surface area contributed by atoms with Gasteiger partial charge in [0.05, 0.1) is 18.1 Å². The summed E-state index contributed by atoms with van der Waals surface area (Å²) in [4.78, 5) is 9.39. The van der Waals surface area contributed by atoms with Crippen molar-refractivity contribution in [3.8, 4) is 11.3 Å². The summed E-state index contributed by atoms with van der Waals surface area (Å²) in [6.45, 7) is 0.824. The van der Waals surface area contributed by atoms with E-state index < -0.39 is 0 Å². The number of fused-ring (bicyclic) bond motifs is 1. The first-order valence-electron chi connectivity index (χ1n) is 7.43. The highest BCUT2D eigenvalue weighted by Gasteiger charge is 2.26. The predicted octanol–water partition coefficient (Wildman–Crippen LogP) is 4.29. The molecule has 2 aromatic carbocycles. The van der Waals surface area contributed by atoms with Gasteiger partial charge in [0.25, 0.3) is 0 Å². The number of benzene rings is 2. The van der Waals surface area contributed by atoms with E-state index in [0.29, 0.717) is 0 Å². The van der Waals surface area contributed by atoms with Gasteiger partial charge in [-0.1, -0.05) is 48.5 Å². The summed E-state index contributed by atoms with van der Waals surface area (Å²) >= 11 is 0. The molecule has 1 aliphatic heterocycles. The average Bonchev–Trinajstić information content (AvgIpc) is 2.93. The molecule has 0 fully saturated rings. The number of nitrogens with zero attached hydrogens (tertiary/aromatic N) is 3. The average molecular weight is 287 g/mol. The minimum Gasteiger partial charge on any atom is -0.354 e. The number of anilines is 3. The molecule has 0 unspecified atom stereocenters. The minimum absolute atomic E-state index is 0.824. The zero-order valence-electron chi connectivity index (χ0n) is 12.5. The fourth-order valence-electron chi connectivity index (χ4n) is 2.87. The Kier molecular flexibility index (Phi) is 3.04. The first-order valence-corrected chi connectivity index (χ1v) is 7.43. The number of aromatic nitrogens is 1. The number of hydrogen-bond acceptors (Lipinski definition) is 3. The summed E-state index contributed by atoms with van der Waals surface area (Å²) in [7, 11) is 2.10. The topological polar surface area (TPSA) is 19.4 Å². The van der Waals surface area contributed by atoms with Gasteiger partial charge in [0.1, 0.15) is 0 Å². The summed E-state index contributed by atoms with van der Waals surface area (Å²) in [6, 6.07) is 25.0. The predicted molar refractivity (Wildman–Crippen MR) is 91.5 cm³/mol. The van der Waals surface area contributed by atoms with Crippen LogP contribution in [0.3, 0.4) is 0 Å². The van der Waals surface area contributed by atoms with Crippen LogP contribution in [0.15, 0.2) is 72.8 Å². The molecule has 0 saturated carbocycles. The summed E-state index contributed by atoms with van der Waals surface area (Å²) in [5.74, 6) is 1.02. The van der Waals surface area contributed by atoms with Crippen molar-refractivity contribution in [2.75, 3.05) is 23.5 Å². The van der Waals surface area contributed by atoms with Crippen LogP contribution in [0.1, 0.15) is 0 Å². The molecule has 4 rings (SSSR count). The monoisotopic (exact) mass is 287 g/mol. The van der Waals surface area contributed by atoms with E-state index in [1.165, 1.54) is 11.4 Å². The fraction of sp³-hybridized carbons (Fsp3) is 0.105. The van der Waals surface area contributed by atoms with Gasteiger partial charge in [-0.3, -0.25) is 0 Å². The maximum absolute atomic E-state index is 4.92. The Morgan fingerprint density at radius 2 is 1.50 bits per heavy atom. The van der Waals surface area contributed by atoms with E-state index in [4.69, 9.17) is 4.98 Å². The molecule has 0 radical (unpaired) electrons. The highest BCUT2D eigenvalue weighted by Crippen LogP contribution is 2.39. The number of hydrogen-bond donors (Lipinski definition) is 0. The fourth-order valence-corrected chi connectivity index (χ4v) is 2.87. The summed E-state index contributed by atoms with van der Waals surface area (Å²) in [5.41, 5.74) is 4.50. The van der Waals surface area contributed by atoms with Gasteiger partial charge < -0.3 is 9.80 Å². The second-order valence-corrected chi connectivity index (χ2v) is 5.51. The van der Waals surface area contributed by atoms with Crippen LogP contribution in [0.2, 0.25) is 0 Å². The van der Waals surface area contributed by atoms with Gasteiger partial charge in [-0.25, -0.2) is 4.98 Å². The molecule has 0 N–H and O–H groups in total. The highest BCUT2D eigenvalue weighted by atomic mass is 15.4. The van der Waals surface area contributed by atoms with Gasteiger partial charge in [-0.05, 0) is 24.3 Å². The second kappa shape index (κ2) is 5.19. The maximum Gasteiger partial charge on any atom is 0.158 e. The quantitative estimate of drug-likeness (QED) is 0.700. The van der Waals surface area contributed by atoms with Crippen molar-refractivity contribution < 1.29 is 0 Å². The molecule has 0 saturated heterocycles. The molecule has 3 aromatic rings. The van der Waals surface area contributed by atoms with E-state index in [1.54, 1.807) is 0 Å². The van der Waals surface area contributed by atoms with Crippen LogP contribution < -0.4 is 9.80 Å². The molecular weight excluding hydrogens is 270 g/mol. The highest BCUT2D eigenvalue weighted by molar-refractivity contribution is 5.81. The van der Waals surface area contributed by atoms with Crippen molar-refractivity contribution >= 4 is 17.2 Å². The van der Waals surface area contributed by atoms with Gasteiger partial charge in [-0.2, -0.15) is 0 Å². The lowest BCUT2D eigenvalue weighted by molar-refractivity contribution is 0.944. The molecule has 1 aliphatic rings. The number of para-hydroxylation sites is 1. The van der Waals surface area contributed by atoms with Crippen molar-refractivity contribution in [2.24, 2.45) is 0 Å². The largest absolute Gasteiger partial charge is 0.354 e. The van der Waals surface area contributed by atoms with Crippen LogP contribution in [0, 0.1) is 0 Å². The third-order valence-corrected chi connectivity index (χ3v) is 4.01. The van der Waals surface area contributed by atoms with Crippen LogP contribution in [0.25, 0.3) is 11.3 Å². The van der Waals surface area contributed by atoms with Gasteiger partial charge >= 0.3 is 0 Å². The first-order chi connectivity index (χ1) is 10.8. The Hall–Kier alpha value is -2.81. The molecule has 22 heavy (non-hydrogen) atoms. The zero-order chi connectivity index (χ0) is 14.9. The van der Waals surface area contributed by atoms with Crippen molar-refractivity contribution in [3.05, 3.63) is 72.8 Å². The second-order valence-electron chi connectivity index (χ2n) is 5.51. The molecule has 108 valence electrons. The molecule has 1 aromatic heterocycles. The van der Waals surface area contributed by atoms with E-state index in [1.807, 2.05) is 24.3 Å². The summed E-state index contributed by atoms with van der Waals surface area (Å²) < 4.78 is 0. The van der Waals surface area contributed by atoms with E-state index in [9.17, 15) is 0 Å². The van der Waals surface area contributed by atoms with Crippen LogP contribution in [-0.4, -0.2) is 18.7 Å². The molecule has 2 heterocycles. The molecule has 0 atom stereocenters. The number of rotatable bonds is 2. The standard InChI is InChI=1S/C19H17N3/c1-21-14-22(16-10-6-3-7-11-16)19-18(21)13-12-17(20-19)15-8-4-2-5-9-15/h2-13H,14H2,1H3. The Balaban J connectivity index is 1.81. The molecule has 0 aliphatic carbocycles. The van der Waals surface area contributed by atoms with E-state index in [-0.39, 0.29) is 0 Å². The van der Waals surface area contributed by atoms with Crippen molar-refractivity contribution in [2.45, 2.75) is 0 Å². The van der Waals surface area contributed by atoms with Gasteiger partial charge in [0.15, 0.2) is 5.82 Å². The minimum atomic E-state index is 0.824. The van der Waals surface area contributed by atoms with E-state index in [2.05, 4.69) is 65.4 Å². The van der Waals surface area contributed by atoms with Crippen LogP contribution in [0.4, 0.5) is 17.2 Å². The van der Waals surface area contributed by atoms with E-state index in [0.717, 1.165) is 23.7 Å². The number of pyridine rings is 1. The summed E-state index contributed by atoms with van der Waals surface area (Å²) in [5, 5.41) is 0. The smallest absolute Gasteiger partial charge is 0.158 e. The van der Waals surface area contributed by atoms with E-state index >= 15 is 0 Å². The van der Waals surface area contributed by atoms with Gasteiger partial charge in [0, 0.05) is 18.3 Å². The van der Waals surface area contributed by atoms with Crippen LogP contribution in [-0.2, 0) is 0 Å². The molecule has 3 nitrogen and oxygen atoms in total. The third-order valence-electron chi connectivity index (χ3n) is 4.01. The summed E-state index contributed by atoms with van der Waals surface area (Å²) in [6.07, 6.45) is 0. The Labute approximate surface area is 130 Å². The Bertz CT molecular complexity index is 784. The molecule has 0 bridgehead atoms. The lowest BCUT2D eigenvalue weighted by Crippen LogP contribution is -2.24. The van der Waals surface area contributed by atoms with Gasteiger partial charge in [-0.15, -0.1) is 0 Å². The molecule has 3 heteroatoms. The van der Waals surface area contributed by atoms with Crippen LogP contribution >= 0.6 is 0 Å². The third kappa shape index (κ3) is 2.11. The molecule has 0 spiro atoms. The molecular formula is C19H17N3. The van der Waals surface area contributed by atoms with Crippen molar-refractivity contribution in [1.29, 1.82) is 0 Å². The Morgan fingerprint density at radius 1 is 0.818 bits per heavy atom. The SMILES string of the molecule is CN1CN(c2ccccc2)c2nc(-c3ccccc3)ccc21. The zero-order valence-corrected chi connectivity index (χ0v) is 12.5.